The predicted octanol–water partition coefficient (Wildman–Crippen LogP) is 5.33. The molecular formula is C23H27F3N6O. The van der Waals surface area contributed by atoms with Crippen molar-refractivity contribution in [2.75, 3.05) is 23.8 Å². The highest BCUT2D eigenvalue weighted by molar-refractivity contribution is 5.76. The molecular weight excluding hydrogens is 433 g/mol. The Hall–Kier alpha value is -2.88. The molecule has 2 aromatic heterocycles. The molecule has 1 saturated carbocycles. The summed E-state index contributed by atoms with van der Waals surface area (Å²) in [6.07, 6.45) is 7.57. The minimum Gasteiger partial charge on any atom is -0.381 e. The molecule has 1 saturated heterocycles. The van der Waals surface area contributed by atoms with Crippen LogP contribution in [0.5, 0.6) is 0 Å². The van der Waals surface area contributed by atoms with E-state index in [1.54, 1.807) is 6.20 Å². The van der Waals surface area contributed by atoms with Gasteiger partial charge in [0.1, 0.15) is 17.0 Å². The molecule has 0 unspecified atom stereocenters. The number of hydrogen-bond acceptors (Lipinski definition) is 6. The van der Waals surface area contributed by atoms with Crippen LogP contribution in [0.25, 0.3) is 11.2 Å². The van der Waals surface area contributed by atoms with Gasteiger partial charge < -0.3 is 15.4 Å². The van der Waals surface area contributed by atoms with E-state index in [2.05, 4.69) is 27.5 Å². The highest BCUT2D eigenvalue weighted by atomic mass is 19.1. The smallest absolute Gasteiger partial charge is 0.224 e. The third-order valence-electron chi connectivity index (χ3n) is 6.57. The summed E-state index contributed by atoms with van der Waals surface area (Å²) < 4.78 is 49.5. The molecule has 1 aromatic carbocycles. The lowest BCUT2D eigenvalue weighted by Crippen LogP contribution is -2.36. The molecule has 2 fully saturated rings. The van der Waals surface area contributed by atoms with E-state index in [9.17, 15) is 13.2 Å². The number of benzene rings is 1. The van der Waals surface area contributed by atoms with E-state index in [0.717, 1.165) is 38.5 Å². The van der Waals surface area contributed by atoms with Gasteiger partial charge in [-0.05, 0) is 25.2 Å². The fourth-order valence-corrected chi connectivity index (χ4v) is 4.77. The Morgan fingerprint density at radius 1 is 1.03 bits per heavy atom. The number of imidazole rings is 1. The van der Waals surface area contributed by atoms with E-state index >= 15 is 0 Å². The average molecular weight is 461 g/mol. The Morgan fingerprint density at radius 3 is 2.52 bits per heavy atom. The molecule has 5 rings (SSSR count). The van der Waals surface area contributed by atoms with Gasteiger partial charge in [-0.15, -0.1) is 0 Å². The van der Waals surface area contributed by atoms with Crippen LogP contribution in [-0.4, -0.2) is 38.8 Å². The summed E-state index contributed by atoms with van der Waals surface area (Å²) in [5.74, 6) is -1.92. The first-order valence-electron chi connectivity index (χ1n) is 11.5. The maximum absolute atomic E-state index is 14.4. The first-order chi connectivity index (χ1) is 16.0. The number of halogens is 3. The number of nitrogens with zero attached hydrogens (tertiary/aromatic N) is 4. The molecule has 7 nitrogen and oxygen atoms in total. The molecule has 3 aromatic rings. The van der Waals surface area contributed by atoms with Gasteiger partial charge in [-0.3, -0.25) is 4.57 Å². The molecule has 2 atom stereocenters. The number of anilines is 3. The largest absolute Gasteiger partial charge is 0.381 e. The summed E-state index contributed by atoms with van der Waals surface area (Å²) in [5, 5.41) is 6.17. The monoisotopic (exact) mass is 460 g/mol. The van der Waals surface area contributed by atoms with Crippen LogP contribution in [0, 0.1) is 23.4 Å². The molecule has 0 bridgehead atoms. The molecule has 33 heavy (non-hydrogen) atoms. The second-order valence-corrected chi connectivity index (χ2v) is 8.96. The first-order valence-corrected chi connectivity index (χ1v) is 11.5. The van der Waals surface area contributed by atoms with Crippen LogP contribution in [0.4, 0.5) is 30.8 Å². The lowest BCUT2D eigenvalue weighted by atomic mass is 9.95. The third-order valence-corrected chi connectivity index (χ3v) is 6.57. The summed E-state index contributed by atoms with van der Waals surface area (Å²) in [7, 11) is 0. The molecule has 2 N–H and O–H groups in total. The van der Waals surface area contributed by atoms with Crippen LogP contribution in [0.3, 0.4) is 0 Å². The van der Waals surface area contributed by atoms with Crippen molar-refractivity contribution in [2.24, 2.45) is 5.92 Å². The van der Waals surface area contributed by atoms with Gasteiger partial charge in [0.05, 0.1) is 12.8 Å². The number of rotatable bonds is 5. The highest BCUT2D eigenvalue weighted by Crippen LogP contribution is 2.35. The second-order valence-electron chi connectivity index (χ2n) is 8.96. The van der Waals surface area contributed by atoms with E-state index < -0.39 is 23.1 Å². The summed E-state index contributed by atoms with van der Waals surface area (Å²) in [6, 6.07) is 1.58. The molecule has 10 heteroatoms. The molecule has 1 aliphatic heterocycles. The summed E-state index contributed by atoms with van der Waals surface area (Å²) >= 11 is 0. The second kappa shape index (κ2) is 9.17. The standard InChI is InChI=1S/C23H27F3N6O/c1-13-12-33-8-7-18(13)28-22-27-11-19-21(31-22)32(15-5-3-2-4-6-15)23(29-19)30-20-16(25)9-14(24)10-17(20)26/h9-11,13,15,18H,2-8,12H2,1H3,(H,29,30)(H,27,28,31)/t13-,18+/m1/s1. The van der Waals surface area contributed by atoms with Gasteiger partial charge >= 0.3 is 0 Å². The molecule has 0 amide bonds. The van der Waals surface area contributed by atoms with Crippen molar-refractivity contribution >= 4 is 28.7 Å². The van der Waals surface area contributed by atoms with E-state index in [4.69, 9.17) is 9.72 Å². The number of fused-ring (bicyclic) bond motifs is 1. The molecule has 1 aliphatic carbocycles. The zero-order valence-electron chi connectivity index (χ0n) is 18.5. The molecule has 3 heterocycles. The van der Waals surface area contributed by atoms with Gasteiger partial charge in [-0.25, -0.2) is 23.1 Å². The van der Waals surface area contributed by atoms with E-state index in [0.29, 0.717) is 48.4 Å². The lowest BCUT2D eigenvalue weighted by molar-refractivity contribution is 0.0536. The maximum atomic E-state index is 14.4. The van der Waals surface area contributed by atoms with Gasteiger partial charge in [0, 0.05) is 30.8 Å². The molecule has 176 valence electrons. The van der Waals surface area contributed by atoms with Crippen LogP contribution in [0.2, 0.25) is 0 Å². The molecule has 0 radical (unpaired) electrons. The maximum Gasteiger partial charge on any atom is 0.224 e. The van der Waals surface area contributed by atoms with Gasteiger partial charge in [-0.2, -0.15) is 4.98 Å². The normalized spacial score (nSPS) is 21.9. The van der Waals surface area contributed by atoms with Gasteiger partial charge in [0.2, 0.25) is 11.9 Å². The van der Waals surface area contributed by atoms with E-state index in [1.165, 1.54) is 0 Å². The SMILES string of the molecule is C[C@@H]1COCC[C@@H]1Nc1ncc2nc(Nc3c(F)cc(F)cc3F)n(C3CCCCC3)c2n1. The van der Waals surface area contributed by atoms with Crippen molar-refractivity contribution in [2.45, 2.75) is 57.5 Å². The Kier molecular flexibility index (Phi) is 6.09. The minimum absolute atomic E-state index is 0.0857. The Labute approximate surface area is 189 Å². The summed E-state index contributed by atoms with van der Waals surface area (Å²) in [4.78, 5) is 13.7. The van der Waals surface area contributed by atoms with Crippen molar-refractivity contribution < 1.29 is 17.9 Å². The number of ether oxygens (including phenoxy) is 1. The zero-order chi connectivity index (χ0) is 22.9. The number of nitrogens with one attached hydrogen (secondary N) is 2. The Balaban J connectivity index is 1.54. The zero-order valence-corrected chi connectivity index (χ0v) is 18.5. The van der Waals surface area contributed by atoms with Crippen molar-refractivity contribution in [3.8, 4) is 0 Å². The van der Waals surface area contributed by atoms with Crippen LogP contribution < -0.4 is 10.6 Å². The predicted molar refractivity (Wildman–Crippen MR) is 119 cm³/mol. The molecule has 0 spiro atoms. The van der Waals surface area contributed by atoms with Crippen LogP contribution in [0.1, 0.15) is 51.5 Å². The van der Waals surface area contributed by atoms with Gasteiger partial charge in [0.25, 0.3) is 0 Å². The van der Waals surface area contributed by atoms with Crippen molar-refractivity contribution in [1.82, 2.24) is 19.5 Å². The van der Waals surface area contributed by atoms with E-state index in [-0.39, 0.29) is 18.0 Å². The number of hydrogen-bond donors (Lipinski definition) is 2. The summed E-state index contributed by atoms with van der Waals surface area (Å²) in [6.45, 7) is 3.49. The minimum atomic E-state index is -1.02. The average Bonchev–Trinajstić information content (AvgIpc) is 3.15. The van der Waals surface area contributed by atoms with Gasteiger partial charge in [0.15, 0.2) is 17.3 Å². The van der Waals surface area contributed by atoms with E-state index in [1.807, 2.05) is 4.57 Å². The van der Waals surface area contributed by atoms with Gasteiger partial charge in [-0.1, -0.05) is 26.2 Å². The van der Waals surface area contributed by atoms with Crippen molar-refractivity contribution in [1.29, 1.82) is 0 Å². The quantitative estimate of drug-likeness (QED) is 0.536. The Morgan fingerprint density at radius 2 is 1.79 bits per heavy atom. The topological polar surface area (TPSA) is 76.9 Å². The van der Waals surface area contributed by atoms with Crippen molar-refractivity contribution in [3.63, 3.8) is 0 Å². The first kappa shape index (κ1) is 21.9. The third kappa shape index (κ3) is 4.48. The van der Waals surface area contributed by atoms with Crippen molar-refractivity contribution in [3.05, 3.63) is 35.8 Å². The number of aromatic nitrogens is 4. The fraction of sp³-hybridized carbons (Fsp3) is 0.522. The highest BCUT2D eigenvalue weighted by Gasteiger charge is 2.26. The molecule has 2 aliphatic rings. The van der Waals surface area contributed by atoms with Crippen LogP contribution in [-0.2, 0) is 4.74 Å². The lowest BCUT2D eigenvalue weighted by Gasteiger charge is -2.29. The Bertz CT molecular complexity index is 1120. The summed E-state index contributed by atoms with van der Waals surface area (Å²) in [5.41, 5.74) is 0.687. The fourth-order valence-electron chi connectivity index (χ4n) is 4.77. The van der Waals surface area contributed by atoms with Crippen LogP contribution in [0.15, 0.2) is 18.3 Å². The van der Waals surface area contributed by atoms with Crippen LogP contribution >= 0.6 is 0 Å².